The number of amides is 1. The molecule has 0 aliphatic heterocycles. The molecule has 0 saturated heterocycles. The first kappa shape index (κ1) is 21.4. The molecule has 0 unspecified atom stereocenters. The van der Waals surface area contributed by atoms with E-state index in [1.807, 2.05) is 0 Å². The number of benzene rings is 2. The first-order valence-electron chi connectivity index (χ1n) is 9.13. The van der Waals surface area contributed by atoms with Crippen molar-refractivity contribution < 1.29 is 22.3 Å². The third-order valence-corrected chi connectivity index (χ3v) is 6.36. The number of anilines is 1. The number of halogens is 1. The van der Waals surface area contributed by atoms with E-state index in [0.29, 0.717) is 11.3 Å². The van der Waals surface area contributed by atoms with E-state index < -0.39 is 20.9 Å². The Hall–Kier alpha value is -3.33. The molecular formula is C21H20FN3O4S. The molecular weight excluding hydrogens is 409 g/mol. The van der Waals surface area contributed by atoms with E-state index >= 15 is 0 Å². The summed E-state index contributed by atoms with van der Waals surface area (Å²) in [5, 5.41) is 2.13. The van der Waals surface area contributed by atoms with Gasteiger partial charge in [-0.1, -0.05) is 24.3 Å². The van der Waals surface area contributed by atoms with Crippen molar-refractivity contribution in [3.8, 4) is 11.8 Å². The lowest BCUT2D eigenvalue weighted by atomic mass is 10.1. The SMILES string of the molecule is CC(C)S(=O)(=O)c1ccc(CC(=O)Nc2cnc(Oc3ccccc3F)nc2)cc1. The van der Waals surface area contributed by atoms with E-state index in [2.05, 4.69) is 15.3 Å². The summed E-state index contributed by atoms with van der Waals surface area (Å²) in [6.45, 7) is 3.23. The molecule has 0 aliphatic rings. The molecule has 0 aliphatic carbocycles. The number of sulfone groups is 1. The molecule has 156 valence electrons. The van der Waals surface area contributed by atoms with Crippen LogP contribution >= 0.6 is 0 Å². The summed E-state index contributed by atoms with van der Waals surface area (Å²) >= 11 is 0. The Kier molecular flexibility index (Phi) is 6.41. The van der Waals surface area contributed by atoms with Crippen molar-refractivity contribution in [3.63, 3.8) is 0 Å². The van der Waals surface area contributed by atoms with Gasteiger partial charge in [0.2, 0.25) is 5.91 Å². The predicted molar refractivity (Wildman–Crippen MR) is 110 cm³/mol. The molecule has 0 bridgehead atoms. The largest absolute Gasteiger partial charge is 0.421 e. The third kappa shape index (κ3) is 5.18. The Labute approximate surface area is 173 Å². The molecule has 0 saturated carbocycles. The Morgan fingerprint density at radius 3 is 2.30 bits per heavy atom. The van der Waals surface area contributed by atoms with Crippen LogP contribution in [0.3, 0.4) is 0 Å². The molecule has 1 N–H and O–H groups in total. The second kappa shape index (κ2) is 9.00. The standard InChI is InChI=1S/C21H20FN3O4S/c1-14(2)30(27,28)17-9-7-15(8-10-17)11-20(26)25-16-12-23-21(24-13-16)29-19-6-4-3-5-18(19)22/h3-10,12-14H,11H2,1-2H3,(H,25,26). The zero-order chi connectivity index (χ0) is 21.7. The van der Waals surface area contributed by atoms with Crippen LogP contribution < -0.4 is 10.1 Å². The molecule has 7 nitrogen and oxygen atoms in total. The molecule has 0 radical (unpaired) electrons. The molecule has 9 heteroatoms. The summed E-state index contributed by atoms with van der Waals surface area (Å²) < 4.78 is 43.1. The van der Waals surface area contributed by atoms with Crippen LogP contribution in [0.5, 0.6) is 11.8 Å². The number of hydrogen-bond acceptors (Lipinski definition) is 6. The molecule has 0 spiro atoms. The Bertz CT molecular complexity index is 1130. The van der Waals surface area contributed by atoms with E-state index in [9.17, 15) is 17.6 Å². The van der Waals surface area contributed by atoms with E-state index in [4.69, 9.17) is 4.74 Å². The van der Waals surface area contributed by atoms with Crippen LogP contribution in [0.1, 0.15) is 19.4 Å². The van der Waals surface area contributed by atoms with Gasteiger partial charge in [0.1, 0.15) is 0 Å². The second-order valence-corrected chi connectivity index (χ2v) is 9.25. The Morgan fingerprint density at radius 1 is 1.07 bits per heavy atom. The molecule has 1 heterocycles. The van der Waals surface area contributed by atoms with E-state index in [0.717, 1.165) is 0 Å². The number of para-hydroxylation sites is 1. The van der Waals surface area contributed by atoms with E-state index in [1.54, 1.807) is 38.1 Å². The van der Waals surface area contributed by atoms with Gasteiger partial charge in [0, 0.05) is 0 Å². The number of carbonyl (C=O) groups excluding carboxylic acids is 1. The van der Waals surface area contributed by atoms with Crippen LogP contribution in [0.15, 0.2) is 65.8 Å². The van der Waals surface area contributed by atoms with Crippen LogP contribution in [-0.2, 0) is 21.1 Å². The van der Waals surface area contributed by atoms with Gasteiger partial charge in [0.05, 0.1) is 34.6 Å². The van der Waals surface area contributed by atoms with Crippen molar-refractivity contribution in [1.29, 1.82) is 0 Å². The number of ether oxygens (including phenoxy) is 1. The second-order valence-electron chi connectivity index (χ2n) is 6.75. The molecule has 2 aromatic carbocycles. The lowest BCUT2D eigenvalue weighted by molar-refractivity contribution is -0.115. The quantitative estimate of drug-likeness (QED) is 0.614. The van der Waals surface area contributed by atoms with Crippen molar-refractivity contribution in [2.45, 2.75) is 30.4 Å². The van der Waals surface area contributed by atoms with Crippen LogP contribution in [0.25, 0.3) is 0 Å². The van der Waals surface area contributed by atoms with Crippen molar-refractivity contribution in [2.75, 3.05) is 5.32 Å². The first-order chi connectivity index (χ1) is 14.3. The molecule has 1 amide bonds. The Balaban J connectivity index is 1.59. The van der Waals surface area contributed by atoms with Gasteiger partial charge in [-0.2, -0.15) is 0 Å². The zero-order valence-electron chi connectivity index (χ0n) is 16.4. The summed E-state index contributed by atoms with van der Waals surface area (Å²) in [4.78, 5) is 20.3. The van der Waals surface area contributed by atoms with Gasteiger partial charge in [0.25, 0.3) is 0 Å². The number of aromatic nitrogens is 2. The summed E-state index contributed by atoms with van der Waals surface area (Å²) in [7, 11) is -3.35. The summed E-state index contributed by atoms with van der Waals surface area (Å²) in [5.74, 6) is -0.858. The van der Waals surface area contributed by atoms with E-state index in [-0.39, 0.29) is 29.0 Å². The van der Waals surface area contributed by atoms with Crippen molar-refractivity contribution in [3.05, 3.63) is 72.3 Å². The van der Waals surface area contributed by atoms with Crippen molar-refractivity contribution in [2.24, 2.45) is 0 Å². The molecule has 0 fully saturated rings. The van der Waals surface area contributed by atoms with Gasteiger partial charge >= 0.3 is 6.01 Å². The maximum Gasteiger partial charge on any atom is 0.322 e. The number of hydrogen-bond donors (Lipinski definition) is 1. The van der Waals surface area contributed by atoms with Gasteiger partial charge in [-0.05, 0) is 43.7 Å². The van der Waals surface area contributed by atoms with Crippen molar-refractivity contribution >= 4 is 21.4 Å². The van der Waals surface area contributed by atoms with Crippen LogP contribution in [0.2, 0.25) is 0 Å². The molecule has 1 aromatic heterocycles. The highest BCUT2D eigenvalue weighted by molar-refractivity contribution is 7.92. The fourth-order valence-corrected chi connectivity index (χ4v) is 3.58. The van der Waals surface area contributed by atoms with Gasteiger partial charge in [-0.3, -0.25) is 4.79 Å². The lowest BCUT2D eigenvalue weighted by Gasteiger charge is -2.09. The topological polar surface area (TPSA) is 98.2 Å². The minimum absolute atomic E-state index is 0.00258. The molecule has 30 heavy (non-hydrogen) atoms. The Morgan fingerprint density at radius 2 is 1.70 bits per heavy atom. The number of nitrogens with zero attached hydrogens (tertiary/aromatic N) is 2. The maximum atomic E-state index is 13.6. The van der Waals surface area contributed by atoms with Crippen LogP contribution in [0, 0.1) is 5.82 Å². The third-order valence-electron chi connectivity index (χ3n) is 4.19. The van der Waals surface area contributed by atoms with Gasteiger partial charge in [-0.25, -0.2) is 22.8 Å². The average Bonchev–Trinajstić information content (AvgIpc) is 2.71. The normalized spacial score (nSPS) is 11.3. The highest BCUT2D eigenvalue weighted by Crippen LogP contribution is 2.21. The number of rotatable bonds is 7. The zero-order valence-corrected chi connectivity index (χ0v) is 17.2. The molecule has 0 atom stereocenters. The van der Waals surface area contributed by atoms with Gasteiger partial charge in [0.15, 0.2) is 21.4 Å². The fraction of sp³-hybridized carbons (Fsp3) is 0.190. The summed E-state index contributed by atoms with van der Waals surface area (Å²) in [6, 6.07) is 12.0. The lowest BCUT2D eigenvalue weighted by Crippen LogP contribution is -2.16. The monoisotopic (exact) mass is 429 g/mol. The van der Waals surface area contributed by atoms with E-state index in [1.165, 1.54) is 36.7 Å². The first-order valence-corrected chi connectivity index (χ1v) is 10.7. The maximum absolute atomic E-state index is 13.6. The molecule has 3 aromatic rings. The molecule has 3 rings (SSSR count). The smallest absolute Gasteiger partial charge is 0.322 e. The minimum Gasteiger partial charge on any atom is -0.421 e. The minimum atomic E-state index is -3.35. The van der Waals surface area contributed by atoms with Crippen molar-refractivity contribution in [1.82, 2.24) is 9.97 Å². The predicted octanol–water partition coefficient (Wildman–Crippen LogP) is 3.77. The number of carbonyl (C=O) groups is 1. The highest BCUT2D eigenvalue weighted by atomic mass is 32.2. The van der Waals surface area contributed by atoms with Crippen LogP contribution in [0.4, 0.5) is 10.1 Å². The number of nitrogens with one attached hydrogen (secondary N) is 1. The van der Waals surface area contributed by atoms with Gasteiger partial charge in [-0.15, -0.1) is 0 Å². The summed E-state index contributed by atoms with van der Waals surface area (Å²) in [5.41, 5.74) is 1.01. The van der Waals surface area contributed by atoms with Crippen LogP contribution in [-0.4, -0.2) is 29.5 Å². The average molecular weight is 429 g/mol. The van der Waals surface area contributed by atoms with Gasteiger partial charge < -0.3 is 10.1 Å². The fourth-order valence-electron chi connectivity index (χ4n) is 2.52. The highest BCUT2D eigenvalue weighted by Gasteiger charge is 2.19. The summed E-state index contributed by atoms with van der Waals surface area (Å²) in [6.07, 6.45) is 2.74.